The molecule has 4 rings (SSSR count). The number of fused-ring (bicyclic) bond motifs is 3. The molecule has 156 valence electrons. The Balaban J connectivity index is 1.32. The van der Waals surface area contributed by atoms with Gasteiger partial charge in [-0.1, -0.05) is 12.1 Å². The molecule has 2 heterocycles. The molecule has 2 aromatic carbocycles. The van der Waals surface area contributed by atoms with Crippen LogP contribution in [0.2, 0.25) is 0 Å². The molecule has 1 fully saturated rings. The van der Waals surface area contributed by atoms with Crippen molar-refractivity contribution in [3.05, 3.63) is 53.6 Å². The summed E-state index contributed by atoms with van der Waals surface area (Å²) < 4.78 is 10.3. The van der Waals surface area contributed by atoms with Crippen molar-refractivity contribution in [2.45, 2.75) is 25.4 Å². The van der Waals surface area contributed by atoms with Gasteiger partial charge in [-0.05, 0) is 48.7 Å². The summed E-state index contributed by atoms with van der Waals surface area (Å²) in [7, 11) is 1.58. The van der Waals surface area contributed by atoms with Crippen molar-refractivity contribution in [2.75, 3.05) is 30.5 Å². The molecule has 2 amide bonds. The molecule has 0 spiro atoms. The molecule has 0 radical (unpaired) electrons. The Morgan fingerprint density at radius 3 is 2.93 bits per heavy atom. The largest absolute Gasteiger partial charge is 0.497 e. The smallest absolute Gasteiger partial charge is 0.338 e. The monoisotopic (exact) mass is 409 g/mol. The van der Waals surface area contributed by atoms with Gasteiger partial charge in [0, 0.05) is 13.1 Å². The van der Waals surface area contributed by atoms with Gasteiger partial charge in [0.15, 0.2) is 6.61 Å². The van der Waals surface area contributed by atoms with E-state index in [0.717, 1.165) is 30.6 Å². The first kappa shape index (κ1) is 19.8. The fourth-order valence-electron chi connectivity index (χ4n) is 3.81. The van der Waals surface area contributed by atoms with Crippen molar-refractivity contribution in [3.8, 4) is 5.75 Å². The lowest BCUT2D eigenvalue weighted by Crippen LogP contribution is -2.43. The second-order valence-corrected chi connectivity index (χ2v) is 7.28. The van der Waals surface area contributed by atoms with Crippen LogP contribution in [0.15, 0.2) is 42.5 Å². The van der Waals surface area contributed by atoms with Gasteiger partial charge in [-0.25, -0.2) is 4.79 Å². The van der Waals surface area contributed by atoms with E-state index in [-0.39, 0.29) is 24.1 Å². The lowest BCUT2D eigenvalue weighted by Gasteiger charge is -2.33. The van der Waals surface area contributed by atoms with Crippen LogP contribution in [0.5, 0.6) is 5.75 Å². The highest BCUT2D eigenvalue weighted by molar-refractivity contribution is 6.05. The SMILES string of the molecule is COc1cccc(CNC(=O)COC(=O)c2ccc3c(c2)NC(=O)[C@@H]2CCCN32)c1. The molecule has 0 bridgehead atoms. The van der Waals surface area contributed by atoms with E-state index in [1.807, 2.05) is 30.3 Å². The quantitative estimate of drug-likeness (QED) is 0.709. The Labute approximate surface area is 174 Å². The summed E-state index contributed by atoms with van der Waals surface area (Å²) >= 11 is 0. The Bertz CT molecular complexity index is 990. The highest BCUT2D eigenvalue weighted by Crippen LogP contribution is 2.37. The molecule has 1 atom stereocenters. The molecule has 2 N–H and O–H groups in total. The first-order valence-electron chi connectivity index (χ1n) is 9.83. The molecule has 1 saturated heterocycles. The molecule has 2 aromatic rings. The molecule has 2 aliphatic heterocycles. The van der Waals surface area contributed by atoms with Gasteiger partial charge in [-0.2, -0.15) is 0 Å². The van der Waals surface area contributed by atoms with E-state index in [2.05, 4.69) is 15.5 Å². The van der Waals surface area contributed by atoms with Gasteiger partial charge in [0.25, 0.3) is 5.91 Å². The third-order valence-corrected chi connectivity index (χ3v) is 5.31. The Morgan fingerprint density at radius 1 is 1.23 bits per heavy atom. The van der Waals surface area contributed by atoms with Crippen LogP contribution in [-0.4, -0.2) is 44.1 Å². The first-order chi connectivity index (χ1) is 14.5. The Hall–Kier alpha value is -3.55. The average molecular weight is 409 g/mol. The van der Waals surface area contributed by atoms with Gasteiger partial charge in [0.2, 0.25) is 5.91 Å². The third-order valence-electron chi connectivity index (χ3n) is 5.31. The Kier molecular flexibility index (Phi) is 5.56. The van der Waals surface area contributed by atoms with Gasteiger partial charge in [0.1, 0.15) is 11.8 Å². The number of nitrogens with zero attached hydrogens (tertiary/aromatic N) is 1. The zero-order valence-corrected chi connectivity index (χ0v) is 16.6. The second kappa shape index (κ2) is 8.44. The maximum atomic E-state index is 12.4. The second-order valence-electron chi connectivity index (χ2n) is 7.28. The summed E-state index contributed by atoms with van der Waals surface area (Å²) in [5, 5.41) is 5.56. The van der Waals surface area contributed by atoms with Crippen molar-refractivity contribution in [1.82, 2.24) is 5.32 Å². The summed E-state index contributed by atoms with van der Waals surface area (Å²) in [4.78, 5) is 38.7. The van der Waals surface area contributed by atoms with Crippen LogP contribution in [0.25, 0.3) is 0 Å². The minimum Gasteiger partial charge on any atom is -0.497 e. The van der Waals surface area contributed by atoms with E-state index in [1.54, 1.807) is 19.2 Å². The molecule has 30 heavy (non-hydrogen) atoms. The van der Waals surface area contributed by atoms with Crippen molar-refractivity contribution in [3.63, 3.8) is 0 Å². The zero-order chi connectivity index (χ0) is 21.1. The van der Waals surface area contributed by atoms with Crippen LogP contribution < -0.4 is 20.3 Å². The van der Waals surface area contributed by atoms with E-state index >= 15 is 0 Å². The predicted octanol–water partition coefficient (Wildman–Crippen LogP) is 2.09. The minimum absolute atomic E-state index is 0.0533. The molecule has 0 aromatic heterocycles. The molecule has 0 saturated carbocycles. The summed E-state index contributed by atoms with van der Waals surface area (Å²) in [5.74, 6) is -0.375. The number of esters is 1. The van der Waals surface area contributed by atoms with Crippen LogP contribution >= 0.6 is 0 Å². The highest BCUT2D eigenvalue weighted by Gasteiger charge is 2.36. The zero-order valence-electron chi connectivity index (χ0n) is 16.6. The number of ether oxygens (including phenoxy) is 2. The normalized spacial score (nSPS) is 16.9. The third kappa shape index (κ3) is 4.07. The summed E-state index contributed by atoms with van der Waals surface area (Å²) in [6, 6.07) is 12.3. The number of benzene rings is 2. The predicted molar refractivity (Wildman–Crippen MR) is 111 cm³/mol. The van der Waals surface area contributed by atoms with E-state index in [9.17, 15) is 14.4 Å². The fourth-order valence-corrected chi connectivity index (χ4v) is 3.81. The van der Waals surface area contributed by atoms with Crippen molar-refractivity contribution >= 4 is 29.2 Å². The lowest BCUT2D eigenvalue weighted by molar-refractivity contribution is -0.124. The molecule has 8 heteroatoms. The number of carbonyl (C=O) groups is 3. The molecule has 8 nitrogen and oxygen atoms in total. The number of anilines is 2. The maximum Gasteiger partial charge on any atom is 0.338 e. The minimum atomic E-state index is -0.618. The van der Waals surface area contributed by atoms with Crippen LogP contribution in [0.1, 0.15) is 28.8 Å². The van der Waals surface area contributed by atoms with Gasteiger partial charge in [0.05, 0.1) is 24.0 Å². The van der Waals surface area contributed by atoms with Crippen LogP contribution in [-0.2, 0) is 20.9 Å². The summed E-state index contributed by atoms with van der Waals surface area (Å²) in [5.41, 5.74) is 2.66. The molecule has 2 aliphatic rings. The summed E-state index contributed by atoms with van der Waals surface area (Å²) in [6.45, 7) is 0.734. The van der Waals surface area contributed by atoms with Crippen LogP contribution in [0.3, 0.4) is 0 Å². The van der Waals surface area contributed by atoms with Crippen molar-refractivity contribution in [2.24, 2.45) is 0 Å². The van der Waals surface area contributed by atoms with Gasteiger partial charge < -0.3 is 25.0 Å². The maximum absolute atomic E-state index is 12.4. The van der Waals surface area contributed by atoms with Gasteiger partial charge in [-0.15, -0.1) is 0 Å². The topological polar surface area (TPSA) is 97.0 Å². The lowest BCUT2D eigenvalue weighted by atomic mass is 10.1. The van der Waals surface area contributed by atoms with Gasteiger partial charge in [-0.3, -0.25) is 9.59 Å². The van der Waals surface area contributed by atoms with E-state index < -0.39 is 11.9 Å². The summed E-state index contributed by atoms with van der Waals surface area (Å²) in [6.07, 6.45) is 1.80. The Morgan fingerprint density at radius 2 is 2.10 bits per heavy atom. The van der Waals surface area contributed by atoms with E-state index in [4.69, 9.17) is 9.47 Å². The first-order valence-corrected chi connectivity index (χ1v) is 9.83. The van der Waals surface area contributed by atoms with E-state index in [1.165, 1.54) is 0 Å². The number of nitrogens with one attached hydrogen (secondary N) is 2. The highest BCUT2D eigenvalue weighted by atomic mass is 16.5. The number of hydrogen-bond acceptors (Lipinski definition) is 6. The number of carbonyl (C=O) groups excluding carboxylic acids is 3. The number of rotatable bonds is 6. The molecule has 0 unspecified atom stereocenters. The average Bonchev–Trinajstić information content (AvgIpc) is 3.27. The molecular weight excluding hydrogens is 386 g/mol. The number of hydrogen-bond donors (Lipinski definition) is 2. The number of amides is 2. The van der Waals surface area contributed by atoms with Gasteiger partial charge >= 0.3 is 5.97 Å². The van der Waals surface area contributed by atoms with Crippen molar-refractivity contribution in [1.29, 1.82) is 0 Å². The van der Waals surface area contributed by atoms with Crippen LogP contribution in [0, 0.1) is 0 Å². The molecule has 0 aliphatic carbocycles. The molecular formula is C22H23N3O5. The van der Waals surface area contributed by atoms with E-state index in [0.29, 0.717) is 18.0 Å². The van der Waals surface area contributed by atoms with Crippen molar-refractivity contribution < 1.29 is 23.9 Å². The fraction of sp³-hybridized carbons (Fsp3) is 0.318. The van der Waals surface area contributed by atoms with Crippen LogP contribution in [0.4, 0.5) is 11.4 Å². The standard InChI is InChI=1S/C22H23N3O5/c1-29-16-5-2-4-14(10-16)12-23-20(26)13-30-22(28)15-7-8-18-17(11-15)24-21(27)19-6-3-9-25(18)19/h2,4-5,7-8,10-11,19H,3,6,9,12-13H2,1H3,(H,23,26)(H,24,27)/t19-/m0/s1. The number of methoxy groups -OCH3 is 1.